The molecule has 1 aromatic heterocycles. The van der Waals surface area contributed by atoms with Crippen LogP contribution in [0, 0.1) is 13.8 Å². The SMILES string of the molecule is CCC(C)c1ccc2[nH]c(-c3ccc(C)cc3C)c(CC(=O)O)c2c1. The summed E-state index contributed by atoms with van der Waals surface area (Å²) in [6.07, 6.45) is 1.08. The minimum atomic E-state index is -0.805. The molecule has 0 aliphatic heterocycles. The van der Waals surface area contributed by atoms with Gasteiger partial charge in [0.15, 0.2) is 0 Å². The summed E-state index contributed by atoms with van der Waals surface area (Å²) in [4.78, 5) is 15.0. The number of nitrogens with one attached hydrogen (secondary N) is 1. The third-order valence-electron chi connectivity index (χ3n) is 5.09. The molecule has 1 heterocycles. The maximum absolute atomic E-state index is 11.5. The molecule has 3 heteroatoms. The summed E-state index contributed by atoms with van der Waals surface area (Å²) in [6, 6.07) is 12.7. The van der Waals surface area contributed by atoms with E-state index in [9.17, 15) is 9.90 Å². The van der Waals surface area contributed by atoms with E-state index >= 15 is 0 Å². The van der Waals surface area contributed by atoms with E-state index in [1.165, 1.54) is 11.1 Å². The second kappa shape index (κ2) is 6.75. The first-order valence-corrected chi connectivity index (χ1v) is 8.84. The molecule has 130 valence electrons. The van der Waals surface area contributed by atoms with Gasteiger partial charge in [0.05, 0.1) is 12.1 Å². The van der Waals surface area contributed by atoms with Gasteiger partial charge in [0, 0.05) is 16.5 Å². The van der Waals surface area contributed by atoms with Crippen LogP contribution in [0.25, 0.3) is 22.2 Å². The number of aryl methyl sites for hydroxylation is 2. The summed E-state index contributed by atoms with van der Waals surface area (Å²) in [5.41, 5.74) is 7.49. The van der Waals surface area contributed by atoms with E-state index in [0.717, 1.165) is 39.7 Å². The van der Waals surface area contributed by atoms with Gasteiger partial charge in [-0.3, -0.25) is 4.79 Å². The number of aliphatic carboxylic acids is 1. The average molecular weight is 335 g/mol. The summed E-state index contributed by atoms with van der Waals surface area (Å²) in [7, 11) is 0. The van der Waals surface area contributed by atoms with E-state index < -0.39 is 5.97 Å². The van der Waals surface area contributed by atoms with Crippen molar-refractivity contribution in [2.75, 3.05) is 0 Å². The first-order valence-electron chi connectivity index (χ1n) is 8.84. The van der Waals surface area contributed by atoms with Crippen LogP contribution in [0.4, 0.5) is 0 Å². The number of hydrogen-bond acceptors (Lipinski definition) is 1. The minimum absolute atomic E-state index is 0.0204. The van der Waals surface area contributed by atoms with Gasteiger partial charge in [-0.05, 0) is 55.0 Å². The Bertz CT molecular complexity index is 937. The first-order chi connectivity index (χ1) is 11.9. The van der Waals surface area contributed by atoms with Gasteiger partial charge in [-0.2, -0.15) is 0 Å². The molecule has 0 saturated carbocycles. The topological polar surface area (TPSA) is 53.1 Å². The van der Waals surface area contributed by atoms with Crippen LogP contribution in [-0.2, 0) is 11.2 Å². The first kappa shape index (κ1) is 17.3. The number of aromatic amines is 1. The molecule has 3 nitrogen and oxygen atoms in total. The van der Waals surface area contributed by atoms with Crippen LogP contribution in [-0.4, -0.2) is 16.1 Å². The van der Waals surface area contributed by atoms with Crippen LogP contribution in [0.2, 0.25) is 0 Å². The summed E-state index contributed by atoms with van der Waals surface area (Å²) >= 11 is 0. The van der Waals surface area contributed by atoms with Gasteiger partial charge in [0.25, 0.3) is 0 Å². The molecule has 1 unspecified atom stereocenters. The molecule has 0 bridgehead atoms. The molecule has 25 heavy (non-hydrogen) atoms. The molecule has 0 spiro atoms. The van der Waals surface area contributed by atoms with E-state index in [-0.39, 0.29) is 6.42 Å². The molecule has 0 amide bonds. The Labute approximate surface area is 148 Å². The molecule has 2 aromatic carbocycles. The third-order valence-corrected chi connectivity index (χ3v) is 5.09. The number of carboxylic acids is 1. The second-order valence-corrected chi connectivity index (χ2v) is 6.98. The van der Waals surface area contributed by atoms with Crippen molar-refractivity contribution in [3.05, 3.63) is 58.7 Å². The number of carbonyl (C=O) groups is 1. The number of fused-ring (bicyclic) bond motifs is 1. The molecule has 0 saturated heterocycles. The molecule has 3 aromatic rings. The third kappa shape index (κ3) is 3.32. The highest BCUT2D eigenvalue weighted by Gasteiger charge is 2.18. The van der Waals surface area contributed by atoms with Crippen molar-refractivity contribution in [1.82, 2.24) is 4.98 Å². The largest absolute Gasteiger partial charge is 0.481 e. The fraction of sp³-hybridized carbons (Fsp3) is 0.318. The smallest absolute Gasteiger partial charge is 0.307 e. The van der Waals surface area contributed by atoms with Gasteiger partial charge < -0.3 is 10.1 Å². The lowest BCUT2D eigenvalue weighted by Gasteiger charge is -2.10. The Morgan fingerprint density at radius 1 is 1.16 bits per heavy atom. The number of carboxylic acid groups (broad SMARTS) is 1. The maximum Gasteiger partial charge on any atom is 0.307 e. The van der Waals surface area contributed by atoms with Gasteiger partial charge >= 0.3 is 5.97 Å². The van der Waals surface area contributed by atoms with E-state index in [1.807, 2.05) is 0 Å². The Balaban J connectivity index is 2.25. The molecule has 0 aliphatic carbocycles. The highest BCUT2D eigenvalue weighted by atomic mass is 16.4. The van der Waals surface area contributed by atoms with Crippen molar-refractivity contribution >= 4 is 16.9 Å². The zero-order valence-corrected chi connectivity index (χ0v) is 15.3. The van der Waals surface area contributed by atoms with Crippen molar-refractivity contribution in [3.8, 4) is 11.3 Å². The highest BCUT2D eigenvalue weighted by molar-refractivity contribution is 5.94. The fourth-order valence-corrected chi connectivity index (χ4v) is 3.47. The Morgan fingerprint density at radius 3 is 2.56 bits per heavy atom. The molecular formula is C22H25NO2. The molecular weight excluding hydrogens is 310 g/mol. The number of aromatic nitrogens is 1. The lowest BCUT2D eigenvalue weighted by molar-refractivity contribution is -0.136. The van der Waals surface area contributed by atoms with Crippen LogP contribution < -0.4 is 0 Å². The molecule has 0 radical (unpaired) electrons. The monoisotopic (exact) mass is 335 g/mol. The normalized spacial score (nSPS) is 12.5. The van der Waals surface area contributed by atoms with E-state index in [4.69, 9.17) is 0 Å². The number of rotatable bonds is 5. The van der Waals surface area contributed by atoms with Crippen molar-refractivity contribution in [2.45, 2.75) is 46.5 Å². The Hall–Kier alpha value is -2.55. The van der Waals surface area contributed by atoms with Gasteiger partial charge in [-0.25, -0.2) is 0 Å². The predicted molar refractivity (Wildman–Crippen MR) is 103 cm³/mol. The number of hydrogen-bond donors (Lipinski definition) is 2. The molecule has 3 rings (SSSR count). The van der Waals surface area contributed by atoms with E-state index in [0.29, 0.717) is 5.92 Å². The summed E-state index contributed by atoms with van der Waals surface area (Å²) in [6.45, 7) is 8.52. The predicted octanol–water partition coefficient (Wildman–Crippen LogP) is 5.59. The lowest BCUT2D eigenvalue weighted by atomic mass is 9.94. The zero-order chi connectivity index (χ0) is 18.1. The van der Waals surface area contributed by atoms with Crippen LogP contribution in [0.1, 0.15) is 48.4 Å². The summed E-state index contributed by atoms with van der Waals surface area (Å²) in [5, 5.41) is 10.5. The molecule has 0 fully saturated rings. The molecule has 2 N–H and O–H groups in total. The average Bonchev–Trinajstić information content (AvgIpc) is 2.91. The van der Waals surface area contributed by atoms with Gasteiger partial charge in [0.2, 0.25) is 0 Å². The van der Waals surface area contributed by atoms with Crippen molar-refractivity contribution < 1.29 is 9.90 Å². The van der Waals surface area contributed by atoms with Gasteiger partial charge in [-0.15, -0.1) is 0 Å². The van der Waals surface area contributed by atoms with Crippen LogP contribution in [0.3, 0.4) is 0 Å². The highest BCUT2D eigenvalue weighted by Crippen LogP contribution is 2.34. The molecule has 0 aliphatic rings. The number of benzene rings is 2. The minimum Gasteiger partial charge on any atom is -0.481 e. The summed E-state index contributed by atoms with van der Waals surface area (Å²) < 4.78 is 0. The van der Waals surface area contributed by atoms with Crippen molar-refractivity contribution in [1.29, 1.82) is 0 Å². The lowest BCUT2D eigenvalue weighted by Crippen LogP contribution is -2.01. The maximum atomic E-state index is 11.5. The standard InChI is InChI=1S/C22H25NO2/c1-5-14(3)16-7-9-20-18(11-16)19(12-21(24)25)22(23-20)17-8-6-13(2)10-15(17)4/h6-11,14,23H,5,12H2,1-4H3,(H,24,25). The van der Waals surface area contributed by atoms with E-state index in [2.05, 4.69) is 69.1 Å². The fourth-order valence-electron chi connectivity index (χ4n) is 3.47. The Kier molecular flexibility index (Phi) is 4.67. The molecule has 1 atom stereocenters. The zero-order valence-electron chi connectivity index (χ0n) is 15.3. The number of H-pyrrole nitrogens is 1. The van der Waals surface area contributed by atoms with Gasteiger partial charge in [-0.1, -0.05) is 43.7 Å². The van der Waals surface area contributed by atoms with Gasteiger partial charge in [0.1, 0.15) is 0 Å². The quantitative estimate of drug-likeness (QED) is 0.638. The van der Waals surface area contributed by atoms with Crippen molar-refractivity contribution in [2.24, 2.45) is 0 Å². The Morgan fingerprint density at radius 2 is 1.92 bits per heavy atom. The second-order valence-electron chi connectivity index (χ2n) is 6.98. The van der Waals surface area contributed by atoms with Crippen LogP contribution in [0.15, 0.2) is 36.4 Å². The van der Waals surface area contributed by atoms with Crippen LogP contribution >= 0.6 is 0 Å². The van der Waals surface area contributed by atoms with Crippen molar-refractivity contribution in [3.63, 3.8) is 0 Å². The summed E-state index contributed by atoms with van der Waals surface area (Å²) in [5.74, 6) is -0.345. The van der Waals surface area contributed by atoms with E-state index in [1.54, 1.807) is 0 Å². The van der Waals surface area contributed by atoms with Crippen LogP contribution in [0.5, 0.6) is 0 Å².